The average Bonchev–Trinajstić information content (AvgIpc) is 2.78. The van der Waals surface area contributed by atoms with E-state index in [0.29, 0.717) is 18.9 Å². The molecule has 0 aromatic heterocycles. The van der Waals surface area contributed by atoms with E-state index in [0.717, 1.165) is 12.0 Å². The molecule has 0 atom stereocenters. The van der Waals surface area contributed by atoms with E-state index in [1.54, 1.807) is 18.2 Å². The highest BCUT2D eigenvalue weighted by molar-refractivity contribution is 7.89. The Labute approximate surface area is 176 Å². The zero-order chi connectivity index (χ0) is 21.6. The van der Waals surface area contributed by atoms with Crippen LogP contribution in [0.25, 0.3) is 0 Å². The lowest BCUT2D eigenvalue weighted by Gasteiger charge is -2.26. The first-order valence-corrected chi connectivity index (χ1v) is 11.2. The van der Waals surface area contributed by atoms with E-state index < -0.39 is 21.8 Å². The van der Waals surface area contributed by atoms with Crippen LogP contribution in [0.2, 0.25) is 0 Å². The Morgan fingerprint density at radius 3 is 2.43 bits per heavy atom. The molecular formula is C21H25N3O5S. The maximum absolute atomic E-state index is 13.0. The zero-order valence-electron chi connectivity index (χ0n) is 16.8. The minimum Gasteiger partial charge on any atom is -0.379 e. The molecule has 2 N–H and O–H groups in total. The number of benzene rings is 2. The number of anilines is 1. The summed E-state index contributed by atoms with van der Waals surface area (Å²) < 4.78 is 32.5. The van der Waals surface area contributed by atoms with Gasteiger partial charge in [-0.2, -0.15) is 4.31 Å². The summed E-state index contributed by atoms with van der Waals surface area (Å²) in [5.41, 5.74) is 1.68. The van der Waals surface area contributed by atoms with Gasteiger partial charge in [-0.1, -0.05) is 37.3 Å². The van der Waals surface area contributed by atoms with E-state index in [1.807, 2.05) is 25.1 Å². The number of para-hydroxylation sites is 1. The number of aryl methyl sites for hydroxylation is 1. The first-order chi connectivity index (χ1) is 14.4. The van der Waals surface area contributed by atoms with Crippen molar-refractivity contribution < 1.29 is 22.7 Å². The van der Waals surface area contributed by atoms with E-state index >= 15 is 0 Å². The number of hydrogen-bond donors (Lipinski definition) is 2. The number of nitrogens with zero attached hydrogens (tertiary/aromatic N) is 1. The van der Waals surface area contributed by atoms with Crippen molar-refractivity contribution in [1.29, 1.82) is 0 Å². The van der Waals surface area contributed by atoms with Crippen LogP contribution in [0, 0.1) is 0 Å². The number of ether oxygens (including phenoxy) is 1. The van der Waals surface area contributed by atoms with Crippen molar-refractivity contribution in [2.45, 2.75) is 18.2 Å². The zero-order valence-corrected chi connectivity index (χ0v) is 17.6. The third-order valence-corrected chi connectivity index (χ3v) is 6.76. The lowest BCUT2D eigenvalue weighted by Crippen LogP contribution is -2.41. The van der Waals surface area contributed by atoms with Gasteiger partial charge in [0, 0.05) is 18.8 Å². The van der Waals surface area contributed by atoms with Crippen LogP contribution in [-0.4, -0.2) is 57.4 Å². The molecule has 1 aliphatic rings. The van der Waals surface area contributed by atoms with Crippen molar-refractivity contribution in [2.75, 3.05) is 38.2 Å². The minimum absolute atomic E-state index is 0.00532. The molecular weight excluding hydrogens is 406 g/mol. The smallest absolute Gasteiger partial charge is 0.253 e. The van der Waals surface area contributed by atoms with Crippen molar-refractivity contribution in [3.05, 3.63) is 59.7 Å². The molecule has 1 fully saturated rings. The van der Waals surface area contributed by atoms with Crippen LogP contribution in [0.5, 0.6) is 0 Å². The van der Waals surface area contributed by atoms with Crippen molar-refractivity contribution in [3.63, 3.8) is 0 Å². The molecule has 0 aliphatic carbocycles. The fraction of sp³-hybridized carbons (Fsp3) is 0.333. The Bertz CT molecular complexity index is 1020. The van der Waals surface area contributed by atoms with Gasteiger partial charge in [0.2, 0.25) is 15.9 Å². The van der Waals surface area contributed by atoms with E-state index in [9.17, 15) is 18.0 Å². The Kier molecular flexibility index (Phi) is 7.20. The van der Waals surface area contributed by atoms with Crippen LogP contribution in [0.3, 0.4) is 0 Å². The van der Waals surface area contributed by atoms with E-state index in [2.05, 4.69) is 10.6 Å². The molecule has 3 rings (SSSR count). The van der Waals surface area contributed by atoms with Crippen LogP contribution in [-0.2, 0) is 26.0 Å². The molecule has 9 heteroatoms. The molecule has 1 heterocycles. The maximum atomic E-state index is 13.0. The molecule has 0 bridgehead atoms. The molecule has 2 amide bonds. The van der Waals surface area contributed by atoms with Gasteiger partial charge < -0.3 is 15.4 Å². The number of morpholine rings is 1. The molecule has 0 saturated carbocycles. The molecule has 2 aromatic rings. The highest BCUT2D eigenvalue weighted by atomic mass is 32.2. The van der Waals surface area contributed by atoms with Gasteiger partial charge >= 0.3 is 0 Å². The van der Waals surface area contributed by atoms with Crippen molar-refractivity contribution in [1.82, 2.24) is 9.62 Å². The quantitative estimate of drug-likeness (QED) is 0.694. The molecule has 1 aliphatic heterocycles. The van der Waals surface area contributed by atoms with Gasteiger partial charge in [-0.05, 0) is 30.2 Å². The largest absolute Gasteiger partial charge is 0.379 e. The van der Waals surface area contributed by atoms with Gasteiger partial charge in [0.05, 0.1) is 30.2 Å². The number of amides is 2. The van der Waals surface area contributed by atoms with Crippen molar-refractivity contribution in [3.8, 4) is 0 Å². The third-order valence-electron chi connectivity index (χ3n) is 4.80. The van der Waals surface area contributed by atoms with Crippen LogP contribution in [0.4, 0.5) is 5.69 Å². The highest BCUT2D eigenvalue weighted by Gasteiger charge is 2.30. The topological polar surface area (TPSA) is 105 Å². The number of sulfonamides is 1. The summed E-state index contributed by atoms with van der Waals surface area (Å²) in [6, 6.07) is 13.4. The van der Waals surface area contributed by atoms with E-state index in [-0.39, 0.29) is 30.1 Å². The fourth-order valence-corrected chi connectivity index (χ4v) is 4.80. The van der Waals surface area contributed by atoms with Gasteiger partial charge in [0.1, 0.15) is 0 Å². The van der Waals surface area contributed by atoms with Crippen LogP contribution in [0.1, 0.15) is 22.8 Å². The summed E-state index contributed by atoms with van der Waals surface area (Å²) in [4.78, 5) is 24.9. The fourth-order valence-electron chi connectivity index (χ4n) is 3.21. The second kappa shape index (κ2) is 9.84. The summed E-state index contributed by atoms with van der Waals surface area (Å²) in [6.07, 6.45) is 0.760. The second-order valence-corrected chi connectivity index (χ2v) is 8.66. The molecule has 160 valence electrons. The van der Waals surface area contributed by atoms with Gasteiger partial charge in [0.25, 0.3) is 5.91 Å². The Morgan fingerprint density at radius 1 is 1.03 bits per heavy atom. The molecule has 8 nitrogen and oxygen atoms in total. The predicted octanol–water partition coefficient (Wildman–Crippen LogP) is 1.64. The number of carbonyl (C=O) groups excluding carboxylic acids is 2. The number of nitrogens with one attached hydrogen (secondary N) is 2. The third kappa shape index (κ3) is 5.05. The Balaban J connectivity index is 1.69. The minimum atomic E-state index is -3.84. The van der Waals surface area contributed by atoms with Gasteiger partial charge in [-0.25, -0.2) is 8.42 Å². The molecule has 0 spiro atoms. The lowest BCUT2D eigenvalue weighted by molar-refractivity contribution is -0.115. The first-order valence-electron chi connectivity index (χ1n) is 9.76. The number of hydrogen-bond acceptors (Lipinski definition) is 5. The standard InChI is InChI=1S/C21H25N3O5S/c1-2-16-7-3-5-9-18(16)23-20(25)15-22-21(26)17-8-4-6-10-19(17)30(27,28)24-11-13-29-14-12-24/h3-10H,2,11-15H2,1H3,(H,22,26)(H,23,25). The summed E-state index contributed by atoms with van der Waals surface area (Å²) >= 11 is 0. The van der Waals surface area contributed by atoms with Crippen LogP contribution >= 0.6 is 0 Å². The average molecular weight is 432 g/mol. The molecule has 0 radical (unpaired) electrons. The maximum Gasteiger partial charge on any atom is 0.253 e. The molecule has 1 saturated heterocycles. The highest BCUT2D eigenvalue weighted by Crippen LogP contribution is 2.21. The molecule has 30 heavy (non-hydrogen) atoms. The van der Waals surface area contributed by atoms with E-state index in [4.69, 9.17) is 4.74 Å². The monoisotopic (exact) mass is 431 g/mol. The van der Waals surface area contributed by atoms with Crippen molar-refractivity contribution in [2.24, 2.45) is 0 Å². The Hall–Kier alpha value is -2.75. The van der Waals surface area contributed by atoms with Gasteiger partial charge in [-0.15, -0.1) is 0 Å². The molecule has 2 aromatic carbocycles. The predicted molar refractivity (Wildman–Crippen MR) is 113 cm³/mol. The normalized spacial score (nSPS) is 14.8. The molecule has 0 unspecified atom stereocenters. The summed E-state index contributed by atoms with van der Waals surface area (Å²) in [6.45, 7) is 2.80. The lowest BCUT2D eigenvalue weighted by atomic mass is 10.1. The van der Waals surface area contributed by atoms with Crippen molar-refractivity contribution >= 4 is 27.5 Å². The summed E-state index contributed by atoms with van der Waals surface area (Å²) in [7, 11) is -3.84. The van der Waals surface area contributed by atoms with Gasteiger partial charge in [-0.3, -0.25) is 9.59 Å². The van der Waals surface area contributed by atoms with Gasteiger partial charge in [0.15, 0.2) is 0 Å². The number of rotatable bonds is 7. The van der Waals surface area contributed by atoms with Crippen LogP contribution in [0.15, 0.2) is 53.4 Å². The second-order valence-electron chi connectivity index (χ2n) is 6.75. The summed E-state index contributed by atoms with van der Waals surface area (Å²) in [5.74, 6) is -1.01. The number of carbonyl (C=O) groups is 2. The van der Waals surface area contributed by atoms with E-state index in [1.165, 1.54) is 16.4 Å². The first kappa shape index (κ1) is 21.9. The summed E-state index contributed by atoms with van der Waals surface area (Å²) in [5, 5.41) is 5.28. The van der Waals surface area contributed by atoms with Crippen LogP contribution < -0.4 is 10.6 Å². The SMILES string of the molecule is CCc1ccccc1NC(=O)CNC(=O)c1ccccc1S(=O)(=O)N1CCOCC1. The Morgan fingerprint density at radius 2 is 1.70 bits per heavy atom.